The maximum absolute atomic E-state index is 13.3. The van der Waals surface area contributed by atoms with Crippen molar-refractivity contribution in [2.24, 2.45) is 11.1 Å². The van der Waals surface area contributed by atoms with Gasteiger partial charge in [0.05, 0.1) is 11.4 Å². The molecule has 1 saturated carbocycles. The third-order valence-corrected chi connectivity index (χ3v) is 6.47. The van der Waals surface area contributed by atoms with Crippen molar-refractivity contribution >= 4 is 23.1 Å². The normalized spacial score (nSPS) is 25.6. The molecule has 1 aliphatic carbocycles. The molecule has 2 aromatic rings. The van der Waals surface area contributed by atoms with E-state index in [9.17, 15) is 4.79 Å². The van der Waals surface area contributed by atoms with Gasteiger partial charge in [-0.05, 0) is 56.9 Å². The number of anilines is 2. The SMILES string of the molecule is Cc1cc(C)c(C2=NO[C@@]34CCC[C@H]3C(=O)N(C)c3ccccc3N24)c(C)c1. The van der Waals surface area contributed by atoms with E-state index in [1.165, 1.54) is 16.7 Å². The van der Waals surface area contributed by atoms with Crippen molar-refractivity contribution in [3.8, 4) is 0 Å². The van der Waals surface area contributed by atoms with Crippen LogP contribution in [0.1, 0.15) is 41.5 Å². The maximum atomic E-state index is 13.3. The number of benzene rings is 2. The predicted molar refractivity (Wildman–Crippen MR) is 111 cm³/mol. The van der Waals surface area contributed by atoms with Crippen molar-refractivity contribution in [1.29, 1.82) is 0 Å². The van der Waals surface area contributed by atoms with Crippen LogP contribution >= 0.6 is 0 Å². The number of oxime groups is 1. The lowest BCUT2D eigenvalue weighted by Gasteiger charge is -2.36. The van der Waals surface area contributed by atoms with Gasteiger partial charge in [-0.1, -0.05) is 35.0 Å². The second-order valence-electron chi connectivity index (χ2n) is 8.29. The monoisotopic (exact) mass is 375 g/mol. The van der Waals surface area contributed by atoms with Crippen LogP contribution in [0.5, 0.6) is 0 Å². The summed E-state index contributed by atoms with van der Waals surface area (Å²) in [6, 6.07) is 12.4. The molecule has 28 heavy (non-hydrogen) atoms. The minimum absolute atomic E-state index is 0.112. The number of fused-ring (bicyclic) bond motifs is 2. The first kappa shape index (κ1) is 17.3. The van der Waals surface area contributed by atoms with E-state index >= 15 is 0 Å². The summed E-state index contributed by atoms with van der Waals surface area (Å²) in [6.45, 7) is 6.35. The highest BCUT2D eigenvalue weighted by Crippen LogP contribution is 2.52. The van der Waals surface area contributed by atoms with Crippen molar-refractivity contribution < 1.29 is 9.63 Å². The summed E-state index contributed by atoms with van der Waals surface area (Å²) < 4.78 is 0. The fourth-order valence-corrected chi connectivity index (χ4v) is 5.33. The maximum Gasteiger partial charge on any atom is 0.236 e. The summed E-state index contributed by atoms with van der Waals surface area (Å²) >= 11 is 0. The Morgan fingerprint density at radius 3 is 2.50 bits per heavy atom. The van der Waals surface area contributed by atoms with Crippen molar-refractivity contribution in [3.63, 3.8) is 0 Å². The summed E-state index contributed by atoms with van der Waals surface area (Å²) in [6.07, 6.45) is 2.57. The van der Waals surface area contributed by atoms with Crippen molar-refractivity contribution in [3.05, 3.63) is 58.7 Å². The highest BCUT2D eigenvalue weighted by Gasteiger charge is 2.61. The van der Waals surface area contributed by atoms with Crippen LogP contribution in [0.4, 0.5) is 11.4 Å². The fourth-order valence-electron chi connectivity index (χ4n) is 5.33. The zero-order valence-corrected chi connectivity index (χ0v) is 16.8. The van der Waals surface area contributed by atoms with Crippen molar-refractivity contribution in [2.45, 2.75) is 45.8 Å². The lowest BCUT2D eigenvalue weighted by Crippen LogP contribution is -2.54. The minimum atomic E-state index is -0.725. The molecule has 5 heteroatoms. The van der Waals surface area contributed by atoms with Crippen molar-refractivity contribution in [1.82, 2.24) is 0 Å². The topological polar surface area (TPSA) is 45.1 Å². The molecule has 1 amide bonds. The molecule has 0 saturated heterocycles. The van der Waals surface area contributed by atoms with Crippen LogP contribution < -0.4 is 9.80 Å². The van der Waals surface area contributed by atoms with E-state index in [2.05, 4.69) is 49.0 Å². The first-order valence-electron chi connectivity index (χ1n) is 9.95. The predicted octanol–water partition coefficient (Wildman–Crippen LogP) is 4.28. The molecule has 0 unspecified atom stereocenters. The van der Waals surface area contributed by atoms with Crippen molar-refractivity contribution in [2.75, 3.05) is 16.8 Å². The smallest absolute Gasteiger partial charge is 0.236 e. The molecule has 0 radical (unpaired) electrons. The van der Waals surface area contributed by atoms with Crippen LogP contribution in [-0.4, -0.2) is 24.5 Å². The van der Waals surface area contributed by atoms with Crippen LogP contribution in [0.3, 0.4) is 0 Å². The van der Waals surface area contributed by atoms with E-state index in [1.807, 2.05) is 25.2 Å². The van der Waals surface area contributed by atoms with E-state index < -0.39 is 5.72 Å². The number of para-hydroxylation sites is 2. The lowest BCUT2D eigenvalue weighted by atomic mass is 9.93. The molecule has 0 aromatic heterocycles. The van der Waals surface area contributed by atoms with E-state index in [0.29, 0.717) is 0 Å². The largest absolute Gasteiger partial charge is 0.364 e. The molecule has 1 spiro atoms. The molecule has 5 rings (SSSR count). The molecule has 5 nitrogen and oxygen atoms in total. The summed E-state index contributed by atoms with van der Waals surface area (Å²) in [7, 11) is 1.87. The van der Waals surface area contributed by atoms with Gasteiger partial charge in [0.1, 0.15) is 5.92 Å². The molecule has 0 N–H and O–H groups in total. The Kier molecular flexibility index (Phi) is 3.60. The number of nitrogens with zero attached hydrogens (tertiary/aromatic N) is 3. The fraction of sp³-hybridized carbons (Fsp3) is 0.391. The highest BCUT2D eigenvalue weighted by molar-refractivity contribution is 6.17. The average Bonchev–Trinajstić information content (AvgIpc) is 3.23. The van der Waals surface area contributed by atoms with Crippen LogP contribution in [0.15, 0.2) is 41.6 Å². The van der Waals surface area contributed by atoms with Crippen LogP contribution in [-0.2, 0) is 9.63 Å². The van der Waals surface area contributed by atoms with Gasteiger partial charge >= 0.3 is 0 Å². The molecular formula is C23H25N3O2. The Balaban J connectivity index is 1.77. The standard InChI is InChI=1S/C23H25N3O2/c1-14-12-15(2)20(16(3)13-14)21-24-28-23-11-7-8-17(23)22(27)25(4)18-9-5-6-10-19(18)26(21)23/h5-6,9-10,12-13,17H,7-8,11H2,1-4H3/t17-,23-/m0/s1. The number of amides is 1. The number of hydrogen-bond donors (Lipinski definition) is 0. The minimum Gasteiger partial charge on any atom is -0.364 e. The molecule has 2 atom stereocenters. The van der Waals surface area contributed by atoms with Gasteiger partial charge in [-0.2, -0.15) is 0 Å². The summed E-state index contributed by atoms with van der Waals surface area (Å²) in [5, 5.41) is 4.61. The van der Waals surface area contributed by atoms with Gasteiger partial charge in [0.15, 0.2) is 5.84 Å². The number of hydrogen-bond acceptors (Lipinski definition) is 4. The Bertz CT molecular complexity index is 1010. The van der Waals surface area contributed by atoms with Gasteiger partial charge in [0, 0.05) is 19.0 Å². The zero-order valence-electron chi connectivity index (χ0n) is 16.8. The van der Waals surface area contributed by atoms with Gasteiger partial charge in [-0.15, -0.1) is 0 Å². The lowest BCUT2D eigenvalue weighted by molar-refractivity contribution is -0.131. The molecule has 3 aliphatic rings. The second kappa shape index (κ2) is 5.84. The van der Waals surface area contributed by atoms with Gasteiger partial charge in [-0.25, -0.2) is 0 Å². The summed E-state index contributed by atoms with van der Waals surface area (Å²) in [5.74, 6) is 0.705. The van der Waals surface area contributed by atoms with E-state index in [1.54, 1.807) is 4.90 Å². The Labute approximate surface area is 165 Å². The molecule has 2 aromatic carbocycles. The Morgan fingerprint density at radius 2 is 1.79 bits per heavy atom. The Morgan fingerprint density at radius 1 is 1.11 bits per heavy atom. The van der Waals surface area contributed by atoms with Crippen LogP contribution in [0, 0.1) is 26.7 Å². The van der Waals surface area contributed by atoms with Gasteiger partial charge < -0.3 is 9.74 Å². The third-order valence-electron chi connectivity index (χ3n) is 6.47. The molecule has 0 bridgehead atoms. The first-order chi connectivity index (χ1) is 13.4. The molecule has 1 fully saturated rings. The van der Waals surface area contributed by atoms with E-state index in [0.717, 1.165) is 42.0 Å². The molecule has 144 valence electrons. The highest BCUT2D eigenvalue weighted by atomic mass is 16.7. The van der Waals surface area contributed by atoms with Crippen LogP contribution in [0.2, 0.25) is 0 Å². The first-order valence-corrected chi connectivity index (χ1v) is 9.95. The third kappa shape index (κ3) is 2.13. The quantitative estimate of drug-likeness (QED) is 0.747. The number of carbonyl (C=O) groups is 1. The average molecular weight is 375 g/mol. The molecular weight excluding hydrogens is 350 g/mol. The van der Waals surface area contributed by atoms with Gasteiger partial charge in [0.2, 0.25) is 11.6 Å². The van der Waals surface area contributed by atoms with Gasteiger partial charge in [-0.3, -0.25) is 9.69 Å². The molecule has 2 heterocycles. The van der Waals surface area contributed by atoms with E-state index in [4.69, 9.17) is 4.84 Å². The molecule has 2 aliphatic heterocycles. The number of aryl methyl sites for hydroxylation is 3. The number of rotatable bonds is 1. The van der Waals surface area contributed by atoms with Gasteiger partial charge in [0.25, 0.3) is 0 Å². The van der Waals surface area contributed by atoms with Crippen LogP contribution in [0.25, 0.3) is 0 Å². The number of carbonyl (C=O) groups excluding carboxylic acids is 1. The van der Waals surface area contributed by atoms with E-state index in [-0.39, 0.29) is 11.8 Å². The second-order valence-corrected chi connectivity index (χ2v) is 8.29. The summed E-state index contributed by atoms with van der Waals surface area (Å²) in [4.78, 5) is 23.5. The number of amidine groups is 1. The zero-order chi connectivity index (χ0) is 19.6. The summed E-state index contributed by atoms with van der Waals surface area (Å²) in [5.41, 5.74) is 5.84. The Hall–Kier alpha value is -2.82.